The van der Waals surface area contributed by atoms with E-state index < -0.39 is 0 Å². The zero-order valence-corrected chi connectivity index (χ0v) is 10.3. The van der Waals surface area contributed by atoms with Crippen LogP contribution in [0.1, 0.15) is 25.3 Å². The predicted molar refractivity (Wildman–Crippen MR) is 64.7 cm³/mol. The first-order valence-corrected chi connectivity index (χ1v) is 5.97. The van der Waals surface area contributed by atoms with E-state index in [0.29, 0.717) is 6.04 Å². The van der Waals surface area contributed by atoms with Crippen LogP contribution < -0.4 is 5.32 Å². The first kappa shape index (κ1) is 10.0. The van der Waals surface area contributed by atoms with Crippen molar-refractivity contribution in [1.82, 2.24) is 0 Å². The van der Waals surface area contributed by atoms with Crippen LogP contribution in [-0.2, 0) is 0 Å². The molecule has 0 heterocycles. The number of rotatable bonds is 2. The molecule has 0 unspecified atom stereocenters. The lowest BCUT2D eigenvalue weighted by Gasteiger charge is -2.34. The minimum absolute atomic E-state index is 0.699. The Kier molecular flexibility index (Phi) is 2.82. The van der Waals surface area contributed by atoms with Crippen LogP contribution in [0.4, 0.5) is 5.69 Å². The van der Waals surface area contributed by atoms with Crippen molar-refractivity contribution in [2.24, 2.45) is 5.92 Å². The average molecular weight is 254 g/mol. The van der Waals surface area contributed by atoms with Crippen molar-refractivity contribution in [2.45, 2.75) is 32.7 Å². The second-order valence-corrected chi connectivity index (χ2v) is 5.29. The van der Waals surface area contributed by atoms with Crippen LogP contribution in [0.15, 0.2) is 22.7 Å². The highest BCUT2D eigenvalue weighted by molar-refractivity contribution is 9.10. The summed E-state index contributed by atoms with van der Waals surface area (Å²) in [4.78, 5) is 0. The highest BCUT2D eigenvalue weighted by Crippen LogP contribution is 2.30. The van der Waals surface area contributed by atoms with Gasteiger partial charge in [-0.1, -0.05) is 22.9 Å². The molecule has 0 aliphatic heterocycles. The molecule has 1 nitrogen and oxygen atoms in total. The van der Waals surface area contributed by atoms with Crippen LogP contribution in [0.5, 0.6) is 0 Å². The molecule has 0 aromatic heterocycles. The second-order valence-electron chi connectivity index (χ2n) is 4.38. The Morgan fingerprint density at radius 3 is 2.64 bits per heavy atom. The number of aryl methyl sites for hydroxylation is 1. The van der Waals surface area contributed by atoms with E-state index in [1.54, 1.807) is 0 Å². The lowest BCUT2D eigenvalue weighted by atomic mass is 9.82. The molecule has 2 rings (SSSR count). The molecule has 1 N–H and O–H groups in total. The lowest BCUT2D eigenvalue weighted by Crippen LogP contribution is -2.33. The van der Waals surface area contributed by atoms with Gasteiger partial charge in [-0.3, -0.25) is 0 Å². The molecule has 0 atom stereocenters. The predicted octanol–water partition coefficient (Wildman–Crippen LogP) is 3.97. The van der Waals surface area contributed by atoms with Gasteiger partial charge in [-0.05, 0) is 49.4 Å². The molecule has 1 aromatic carbocycles. The van der Waals surface area contributed by atoms with Crippen molar-refractivity contribution in [1.29, 1.82) is 0 Å². The van der Waals surface area contributed by atoms with Crippen LogP contribution in [0, 0.1) is 12.8 Å². The van der Waals surface area contributed by atoms with Gasteiger partial charge in [0, 0.05) is 16.2 Å². The van der Waals surface area contributed by atoms with E-state index in [-0.39, 0.29) is 0 Å². The Morgan fingerprint density at radius 2 is 2.07 bits per heavy atom. The zero-order chi connectivity index (χ0) is 10.1. The molecule has 1 fully saturated rings. The fourth-order valence-electron chi connectivity index (χ4n) is 2.03. The molecule has 2 heteroatoms. The van der Waals surface area contributed by atoms with Crippen LogP contribution in [0.25, 0.3) is 0 Å². The first-order chi connectivity index (χ1) is 6.65. The molecule has 1 aliphatic rings. The minimum Gasteiger partial charge on any atom is -0.382 e. The van der Waals surface area contributed by atoms with Crippen molar-refractivity contribution in [3.8, 4) is 0 Å². The number of hydrogen-bond acceptors (Lipinski definition) is 1. The van der Waals surface area contributed by atoms with Crippen molar-refractivity contribution in [2.75, 3.05) is 5.32 Å². The van der Waals surface area contributed by atoms with E-state index >= 15 is 0 Å². The summed E-state index contributed by atoms with van der Waals surface area (Å²) in [5.41, 5.74) is 2.60. The van der Waals surface area contributed by atoms with E-state index in [2.05, 4.69) is 53.3 Å². The largest absolute Gasteiger partial charge is 0.382 e. The molecule has 1 aliphatic carbocycles. The maximum Gasteiger partial charge on any atom is 0.0372 e. The summed E-state index contributed by atoms with van der Waals surface area (Å²) in [6.07, 6.45) is 2.63. The maximum absolute atomic E-state index is 3.58. The van der Waals surface area contributed by atoms with Crippen LogP contribution in [-0.4, -0.2) is 6.04 Å². The van der Waals surface area contributed by atoms with Crippen molar-refractivity contribution >= 4 is 21.6 Å². The summed E-state index contributed by atoms with van der Waals surface area (Å²) in [5.74, 6) is 0.906. The Hall–Kier alpha value is -0.500. The molecule has 76 valence electrons. The monoisotopic (exact) mass is 253 g/mol. The lowest BCUT2D eigenvalue weighted by molar-refractivity contribution is 0.309. The number of anilines is 1. The molecule has 0 spiro atoms. The SMILES string of the molecule is Cc1cc(Br)ccc1NC1CC(C)C1. The molecule has 14 heavy (non-hydrogen) atoms. The summed E-state index contributed by atoms with van der Waals surface area (Å²) in [6.45, 7) is 4.46. The van der Waals surface area contributed by atoms with Gasteiger partial charge >= 0.3 is 0 Å². The van der Waals surface area contributed by atoms with Gasteiger partial charge in [0.1, 0.15) is 0 Å². The van der Waals surface area contributed by atoms with Gasteiger partial charge < -0.3 is 5.32 Å². The van der Waals surface area contributed by atoms with Gasteiger partial charge in [-0.25, -0.2) is 0 Å². The topological polar surface area (TPSA) is 12.0 Å². The van der Waals surface area contributed by atoms with Crippen LogP contribution in [0.2, 0.25) is 0 Å². The van der Waals surface area contributed by atoms with Crippen LogP contribution in [0.3, 0.4) is 0 Å². The van der Waals surface area contributed by atoms with Gasteiger partial charge in [-0.15, -0.1) is 0 Å². The average Bonchev–Trinajstić information content (AvgIpc) is 2.06. The van der Waals surface area contributed by atoms with Crippen molar-refractivity contribution < 1.29 is 0 Å². The Balaban J connectivity index is 2.02. The summed E-state index contributed by atoms with van der Waals surface area (Å²) >= 11 is 3.48. The number of halogens is 1. The molecule has 0 radical (unpaired) electrons. The third kappa shape index (κ3) is 2.11. The molecule has 1 saturated carbocycles. The number of nitrogens with one attached hydrogen (secondary N) is 1. The Bertz CT molecular complexity index is 329. The third-order valence-corrected chi connectivity index (χ3v) is 3.42. The minimum atomic E-state index is 0.699. The molecular formula is C12H16BrN. The van der Waals surface area contributed by atoms with Gasteiger partial charge in [0.25, 0.3) is 0 Å². The second kappa shape index (κ2) is 3.93. The summed E-state index contributed by atoms with van der Waals surface area (Å²) in [6, 6.07) is 7.11. The molecular weight excluding hydrogens is 238 g/mol. The summed E-state index contributed by atoms with van der Waals surface area (Å²) < 4.78 is 1.16. The van der Waals surface area contributed by atoms with Gasteiger partial charge in [0.05, 0.1) is 0 Å². The van der Waals surface area contributed by atoms with Crippen molar-refractivity contribution in [3.63, 3.8) is 0 Å². The van der Waals surface area contributed by atoms with E-state index in [0.717, 1.165) is 10.4 Å². The van der Waals surface area contributed by atoms with Gasteiger partial charge in [0.2, 0.25) is 0 Å². The van der Waals surface area contributed by atoms with Crippen molar-refractivity contribution in [3.05, 3.63) is 28.2 Å². The fourth-order valence-corrected chi connectivity index (χ4v) is 2.50. The zero-order valence-electron chi connectivity index (χ0n) is 8.68. The van der Waals surface area contributed by atoms with E-state index in [4.69, 9.17) is 0 Å². The van der Waals surface area contributed by atoms with Gasteiger partial charge in [-0.2, -0.15) is 0 Å². The number of hydrogen-bond donors (Lipinski definition) is 1. The third-order valence-electron chi connectivity index (χ3n) is 2.92. The Labute approximate surface area is 94.0 Å². The van der Waals surface area contributed by atoms with Crippen LogP contribution >= 0.6 is 15.9 Å². The van der Waals surface area contributed by atoms with Gasteiger partial charge in [0.15, 0.2) is 0 Å². The molecule has 1 aromatic rings. The highest BCUT2D eigenvalue weighted by atomic mass is 79.9. The fraction of sp³-hybridized carbons (Fsp3) is 0.500. The van der Waals surface area contributed by atoms with E-state index in [1.165, 1.54) is 24.1 Å². The maximum atomic E-state index is 3.58. The summed E-state index contributed by atoms with van der Waals surface area (Å²) in [5, 5.41) is 3.58. The van der Waals surface area contributed by atoms with E-state index in [1.807, 2.05) is 0 Å². The molecule has 0 bridgehead atoms. The Morgan fingerprint density at radius 1 is 1.36 bits per heavy atom. The molecule has 0 saturated heterocycles. The standard InChI is InChI=1S/C12H16BrN/c1-8-5-11(6-8)14-12-4-3-10(13)7-9(12)2/h3-4,7-8,11,14H,5-6H2,1-2H3. The highest BCUT2D eigenvalue weighted by Gasteiger charge is 2.25. The number of benzene rings is 1. The quantitative estimate of drug-likeness (QED) is 0.842. The normalized spacial score (nSPS) is 25.6. The van der Waals surface area contributed by atoms with E-state index in [9.17, 15) is 0 Å². The molecule has 0 amide bonds. The summed E-state index contributed by atoms with van der Waals surface area (Å²) in [7, 11) is 0. The smallest absolute Gasteiger partial charge is 0.0372 e. The first-order valence-electron chi connectivity index (χ1n) is 5.18.